The zero-order chi connectivity index (χ0) is 26.2. The van der Waals surface area contributed by atoms with Crippen LogP contribution in [0.4, 0.5) is 0 Å². The molecule has 0 spiro atoms. The highest BCUT2D eigenvalue weighted by Crippen LogP contribution is 2.22. The second-order valence-corrected chi connectivity index (χ2v) is 10.7. The van der Waals surface area contributed by atoms with Crippen LogP contribution in [-0.4, -0.2) is 28.8 Å². The summed E-state index contributed by atoms with van der Waals surface area (Å²) in [5.41, 5.74) is 5.12. The molecule has 4 nitrogen and oxygen atoms in total. The molecule has 1 fully saturated rings. The molecule has 0 unspecified atom stereocenters. The molecule has 4 rings (SSSR count). The van der Waals surface area contributed by atoms with E-state index in [0.717, 1.165) is 53.5 Å². The second-order valence-electron chi connectivity index (χ2n) is 10.3. The number of rotatable bonds is 9. The Balaban J connectivity index is 1.68. The second kappa shape index (κ2) is 12.9. The van der Waals surface area contributed by atoms with Crippen LogP contribution in [-0.2, 0) is 29.0 Å². The maximum Gasteiger partial charge on any atom is 0.243 e. The lowest BCUT2D eigenvalue weighted by atomic mass is 9.94. The van der Waals surface area contributed by atoms with E-state index in [0.29, 0.717) is 18.0 Å². The van der Waals surface area contributed by atoms with Gasteiger partial charge in [0.05, 0.1) is 6.42 Å². The summed E-state index contributed by atoms with van der Waals surface area (Å²) in [6.45, 7) is 4.38. The zero-order valence-corrected chi connectivity index (χ0v) is 22.6. The van der Waals surface area contributed by atoms with Crippen LogP contribution in [0.3, 0.4) is 0 Å². The summed E-state index contributed by atoms with van der Waals surface area (Å²) in [5.74, 6) is -0.138. The Kier molecular flexibility index (Phi) is 9.40. The standard InChI is InChI=1S/C32H37ClN2O2/c1-23-16-17-24(2)27(18-23)21-31(36)35(22-26-12-9-13-28(33)19-26)30(20-25-10-5-3-6-11-25)32(37)34-29-14-7-4-8-15-29/h3,5-6,9-13,16-19,29-30H,4,7-8,14-15,20-22H2,1-2H3,(H,34,37)/t30-/m0/s1. The lowest BCUT2D eigenvalue weighted by molar-refractivity contribution is -0.141. The Hall–Kier alpha value is -3.11. The quantitative estimate of drug-likeness (QED) is 0.349. The summed E-state index contributed by atoms with van der Waals surface area (Å²) < 4.78 is 0. The highest BCUT2D eigenvalue weighted by molar-refractivity contribution is 6.30. The Morgan fingerprint density at radius 1 is 0.919 bits per heavy atom. The number of nitrogens with one attached hydrogen (secondary N) is 1. The monoisotopic (exact) mass is 516 g/mol. The lowest BCUT2D eigenvalue weighted by Crippen LogP contribution is -2.53. The van der Waals surface area contributed by atoms with Gasteiger partial charge in [-0.3, -0.25) is 9.59 Å². The number of carbonyl (C=O) groups excluding carboxylic acids is 2. The first kappa shape index (κ1) is 26.9. The van der Waals surface area contributed by atoms with Crippen LogP contribution in [0.1, 0.15) is 59.9 Å². The smallest absolute Gasteiger partial charge is 0.243 e. The van der Waals surface area contributed by atoms with Crippen molar-refractivity contribution in [1.29, 1.82) is 0 Å². The maximum atomic E-state index is 14.0. The fraction of sp³-hybridized carbons (Fsp3) is 0.375. The third-order valence-electron chi connectivity index (χ3n) is 7.31. The Morgan fingerprint density at radius 2 is 1.65 bits per heavy atom. The van der Waals surface area contributed by atoms with Gasteiger partial charge in [0.2, 0.25) is 11.8 Å². The lowest BCUT2D eigenvalue weighted by Gasteiger charge is -2.33. The van der Waals surface area contributed by atoms with E-state index in [4.69, 9.17) is 11.6 Å². The van der Waals surface area contributed by atoms with Gasteiger partial charge in [0.15, 0.2) is 0 Å². The van der Waals surface area contributed by atoms with Crippen LogP contribution in [0.25, 0.3) is 0 Å². The van der Waals surface area contributed by atoms with Crippen LogP contribution < -0.4 is 5.32 Å². The van der Waals surface area contributed by atoms with E-state index in [-0.39, 0.29) is 24.3 Å². The molecule has 2 amide bonds. The summed E-state index contributed by atoms with van der Waals surface area (Å²) >= 11 is 6.29. The van der Waals surface area contributed by atoms with Crippen molar-refractivity contribution >= 4 is 23.4 Å². The third-order valence-corrected chi connectivity index (χ3v) is 7.55. The van der Waals surface area contributed by atoms with Crippen molar-refractivity contribution in [3.63, 3.8) is 0 Å². The molecule has 0 saturated heterocycles. The minimum Gasteiger partial charge on any atom is -0.352 e. The zero-order valence-electron chi connectivity index (χ0n) is 21.9. The van der Waals surface area contributed by atoms with Crippen molar-refractivity contribution in [3.05, 3.63) is 106 Å². The predicted octanol–water partition coefficient (Wildman–Crippen LogP) is 6.59. The first-order valence-corrected chi connectivity index (χ1v) is 13.7. The average Bonchev–Trinajstić information content (AvgIpc) is 2.89. The van der Waals surface area contributed by atoms with Crippen molar-refractivity contribution in [2.45, 2.75) is 77.4 Å². The molecule has 37 heavy (non-hydrogen) atoms. The number of carbonyl (C=O) groups is 2. The van der Waals surface area contributed by atoms with E-state index in [1.165, 1.54) is 6.42 Å². The van der Waals surface area contributed by atoms with Crippen molar-refractivity contribution in [2.75, 3.05) is 0 Å². The van der Waals surface area contributed by atoms with Gasteiger partial charge in [-0.2, -0.15) is 0 Å². The summed E-state index contributed by atoms with van der Waals surface area (Å²) in [6.07, 6.45) is 6.17. The average molecular weight is 517 g/mol. The molecule has 1 saturated carbocycles. The number of amides is 2. The first-order chi connectivity index (χ1) is 17.9. The van der Waals surface area contributed by atoms with Crippen molar-refractivity contribution in [2.24, 2.45) is 0 Å². The van der Waals surface area contributed by atoms with Gasteiger partial charge >= 0.3 is 0 Å². The van der Waals surface area contributed by atoms with E-state index in [9.17, 15) is 9.59 Å². The number of aryl methyl sites for hydroxylation is 2. The number of hydrogen-bond donors (Lipinski definition) is 1. The van der Waals surface area contributed by atoms with Gasteiger partial charge in [0.25, 0.3) is 0 Å². The molecule has 1 aliphatic rings. The molecule has 0 radical (unpaired) electrons. The Labute approximate surface area is 226 Å². The first-order valence-electron chi connectivity index (χ1n) is 13.3. The van der Waals surface area contributed by atoms with E-state index < -0.39 is 6.04 Å². The Morgan fingerprint density at radius 3 is 2.38 bits per heavy atom. The molecule has 0 aliphatic heterocycles. The molecule has 0 bridgehead atoms. The third kappa shape index (κ3) is 7.69. The van der Waals surface area contributed by atoms with E-state index in [1.54, 1.807) is 4.90 Å². The molecule has 0 heterocycles. The molecule has 5 heteroatoms. The molecular formula is C32H37ClN2O2. The number of halogens is 1. The highest BCUT2D eigenvalue weighted by Gasteiger charge is 2.32. The summed E-state index contributed by atoms with van der Waals surface area (Å²) in [5, 5.41) is 3.91. The fourth-order valence-electron chi connectivity index (χ4n) is 5.19. The number of hydrogen-bond acceptors (Lipinski definition) is 2. The summed E-state index contributed by atoms with van der Waals surface area (Å²) in [7, 11) is 0. The predicted molar refractivity (Wildman–Crippen MR) is 151 cm³/mol. The van der Waals surface area contributed by atoms with Gasteiger partial charge in [-0.1, -0.05) is 97.1 Å². The normalized spacial score (nSPS) is 14.7. The maximum absolute atomic E-state index is 14.0. The van der Waals surface area contributed by atoms with Gasteiger partial charge in [0.1, 0.15) is 6.04 Å². The van der Waals surface area contributed by atoms with E-state index in [2.05, 4.69) is 23.5 Å². The van der Waals surface area contributed by atoms with Crippen LogP contribution >= 0.6 is 11.6 Å². The molecule has 0 aromatic heterocycles. The minimum absolute atomic E-state index is 0.0617. The van der Waals surface area contributed by atoms with Crippen molar-refractivity contribution < 1.29 is 9.59 Å². The molecule has 3 aromatic rings. The fourth-order valence-corrected chi connectivity index (χ4v) is 5.40. The molecule has 1 aliphatic carbocycles. The van der Waals surface area contributed by atoms with Gasteiger partial charge in [0, 0.05) is 24.0 Å². The van der Waals surface area contributed by atoms with E-state index in [1.807, 2.05) is 68.4 Å². The van der Waals surface area contributed by atoms with Gasteiger partial charge < -0.3 is 10.2 Å². The summed E-state index contributed by atoms with van der Waals surface area (Å²) in [4.78, 5) is 29.6. The topological polar surface area (TPSA) is 49.4 Å². The molecule has 1 N–H and O–H groups in total. The van der Waals surface area contributed by atoms with Crippen molar-refractivity contribution in [1.82, 2.24) is 10.2 Å². The van der Waals surface area contributed by atoms with Crippen molar-refractivity contribution in [3.8, 4) is 0 Å². The van der Waals surface area contributed by atoms with Crippen LogP contribution in [0, 0.1) is 13.8 Å². The minimum atomic E-state index is -0.624. The van der Waals surface area contributed by atoms with Gasteiger partial charge in [-0.25, -0.2) is 0 Å². The number of benzene rings is 3. The largest absolute Gasteiger partial charge is 0.352 e. The van der Waals surface area contributed by atoms with Gasteiger partial charge in [-0.15, -0.1) is 0 Å². The van der Waals surface area contributed by atoms with Gasteiger partial charge in [-0.05, 0) is 61.1 Å². The molecular weight excluding hydrogens is 480 g/mol. The molecule has 1 atom stereocenters. The molecule has 194 valence electrons. The van der Waals surface area contributed by atoms with Crippen LogP contribution in [0.2, 0.25) is 5.02 Å². The molecule has 3 aromatic carbocycles. The number of nitrogens with zero attached hydrogens (tertiary/aromatic N) is 1. The van der Waals surface area contributed by atoms with Crippen LogP contribution in [0.15, 0.2) is 72.8 Å². The van der Waals surface area contributed by atoms with E-state index >= 15 is 0 Å². The highest BCUT2D eigenvalue weighted by atomic mass is 35.5. The van der Waals surface area contributed by atoms with Crippen LogP contribution in [0.5, 0.6) is 0 Å². The SMILES string of the molecule is Cc1ccc(C)c(CC(=O)N(Cc2cccc(Cl)c2)[C@@H](Cc2ccccc2)C(=O)NC2CCCCC2)c1. The Bertz CT molecular complexity index is 1200. The summed E-state index contributed by atoms with van der Waals surface area (Å²) in [6, 6.07) is 23.2.